The molecule has 0 spiro atoms. The maximum Gasteiger partial charge on any atom is 0.489 e. The number of benzene rings is 4. The van der Waals surface area contributed by atoms with Crippen LogP contribution in [0.1, 0.15) is 0 Å². The molecule has 0 aliphatic carbocycles. The van der Waals surface area contributed by atoms with Crippen molar-refractivity contribution in [2.75, 3.05) is 0 Å². The average molecular weight is 649 g/mol. The molecular formula is C30H22BBr2ClN2O2. The number of hydrogen-bond donors (Lipinski definition) is 2. The zero-order chi connectivity index (χ0) is 26.9. The molecule has 0 amide bonds. The number of rotatable bonds is 2. The smallest absolute Gasteiger partial charge is 0.423 e. The molecule has 4 aromatic carbocycles. The molecule has 8 heteroatoms. The predicted octanol–water partition coefficient (Wildman–Crippen LogP) is 7.68. The van der Waals surface area contributed by atoms with E-state index in [0.717, 1.165) is 26.5 Å². The molecule has 0 atom stereocenters. The van der Waals surface area contributed by atoms with Gasteiger partial charge in [0.15, 0.2) is 0 Å². The van der Waals surface area contributed by atoms with Gasteiger partial charge in [-0.1, -0.05) is 128 Å². The summed E-state index contributed by atoms with van der Waals surface area (Å²) in [5.74, 6) is 0. The molecule has 0 radical (unpaired) electrons. The van der Waals surface area contributed by atoms with Crippen LogP contribution in [0.2, 0.25) is 5.15 Å². The Balaban J connectivity index is 0.000000140. The standard InChI is InChI=1S/C15H10BrN.C9H6ClN.C6H6BBrO2/c16-14-8-4-3-7-13(14)15-12-6-2-1-5-11(12)9-10-17-15;10-9-8-4-2-1-3-7(8)5-6-11-9;8-6-4-2-1-3-5(6)7(9)10/h1-10H;1-6H;1-4,9-10H. The second-order valence-electron chi connectivity index (χ2n) is 8.08. The van der Waals surface area contributed by atoms with E-state index in [1.807, 2.05) is 79.0 Å². The third kappa shape index (κ3) is 7.07. The van der Waals surface area contributed by atoms with Gasteiger partial charge in [0.05, 0.1) is 5.69 Å². The highest BCUT2D eigenvalue weighted by Gasteiger charge is 2.12. The topological polar surface area (TPSA) is 66.2 Å². The van der Waals surface area contributed by atoms with Crippen molar-refractivity contribution in [3.63, 3.8) is 0 Å². The second-order valence-corrected chi connectivity index (χ2v) is 10.1. The second kappa shape index (κ2) is 13.6. The molecule has 0 aliphatic heterocycles. The van der Waals surface area contributed by atoms with Gasteiger partial charge in [0.2, 0.25) is 0 Å². The van der Waals surface area contributed by atoms with Crippen LogP contribution in [0, 0.1) is 0 Å². The minimum absolute atomic E-state index is 0.488. The van der Waals surface area contributed by atoms with Gasteiger partial charge < -0.3 is 10.0 Å². The van der Waals surface area contributed by atoms with Crippen molar-refractivity contribution in [2.45, 2.75) is 0 Å². The third-order valence-corrected chi connectivity index (χ3v) is 7.33. The Bertz CT molecular complexity index is 1660. The normalized spacial score (nSPS) is 10.2. The summed E-state index contributed by atoms with van der Waals surface area (Å²) in [6, 6.07) is 35.4. The first kappa shape index (κ1) is 28.0. The van der Waals surface area contributed by atoms with E-state index in [2.05, 4.69) is 60.0 Å². The van der Waals surface area contributed by atoms with Crippen molar-refractivity contribution in [3.8, 4) is 11.3 Å². The molecule has 188 valence electrons. The van der Waals surface area contributed by atoms with E-state index in [1.54, 1.807) is 24.4 Å². The summed E-state index contributed by atoms with van der Waals surface area (Å²) >= 11 is 12.6. The maximum absolute atomic E-state index is 8.73. The van der Waals surface area contributed by atoms with Crippen LogP contribution >= 0.6 is 43.5 Å². The van der Waals surface area contributed by atoms with Crippen LogP contribution in [-0.4, -0.2) is 27.1 Å². The SMILES string of the molecule is Brc1ccccc1-c1nccc2ccccc12.Clc1nccc2ccccc12.OB(O)c1ccccc1Br. The zero-order valence-corrected chi connectivity index (χ0v) is 24.0. The Hall–Kier alpha value is -3.07. The summed E-state index contributed by atoms with van der Waals surface area (Å²) in [4.78, 5) is 8.48. The van der Waals surface area contributed by atoms with E-state index in [1.165, 1.54) is 10.8 Å². The average Bonchev–Trinajstić information content (AvgIpc) is 2.94. The largest absolute Gasteiger partial charge is 0.489 e. The molecular weight excluding hydrogens is 626 g/mol. The Morgan fingerprint density at radius 1 is 0.579 bits per heavy atom. The van der Waals surface area contributed by atoms with Gasteiger partial charge >= 0.3 is 7.12 Å². The summed E-state index contributed by atoms with van der Waals surface area (Å²) in [6.07, 6.45) is 3.57. The summed E-state index contributed by atoms with van der Waals surface area (Å²) in [7, 11) is -1.39. The van der Waals surface area contributed by atoms with E-state index in [0.29, 0.717) is 15.1 Å². The summed E-state index contributed by atoms with van der Waals surface area (Å²) in [5.41, 5.74) is 2.64. The first-order chi connectivity index (χ1) is 18.5. The van der Waals surface area contributed by atoms with Crippen LogP contribution < -0.4 is 5.46 Å². The van der Waals surface area contributed by atoms with Crippen LogP contribution in [-0.2, 0) is 0 Å². The lowest BCUT2D eigenvalue weighted by molar-refractivity contribution is 0.425. The van der Waals surface area contributed by atoms with E-state index in [4.69, 9.17) is 21.6 Å². The molecule has 6 rings (SSSR count). The van der Waals surface area contributed by atoms with Crippen molar-refractivity contribution in [1.82, 2.24) is 9.97 Å². The van der Waals surface area contributed by atoms with Crippen molar-refractivity contribution in [3.05, 3.63) is 136 Å². The predicted molar refractivity (Wildman–Crippen MR) is 166 cm³/mol. The van der Waals surface area contributed by atoms with Gasteiger partial charge in [-0.25, -0.2) is 4.98 Å². The Morgan fingerprint density at radius 3 is 1.71 bits per heavy atom. The van der Waals surface area contributed by atoms with E-state index >= 15 is 0 Å². The number of nitrogens with zero attached hydrogens (tertiary/aromatic N) is 2. The van der Waals surface area contributed by atoms with Gasteiger partial charge in [0, 0.05) is 37.7 Å². The summed E-state index contributed by atoms with van der Waals surface area (Å²) < 4.78 is 1.79. The van der Waals surface area contributed by atoms with Crippen LogP contribution in [0.4, 0.5) is 0 Å². The fourth-order valence-corrected chi connectivity index (χ4v) is 4.95. The summed E-state index contributed by atoms with van der Waals surface area (Å²) in [6.45, 7) is 0. The van der Waals surface area contributed by atoms with E-state index < -0.39 is 7.12 Å². The maximum atomic E-state index is 8.73. The molecule has 0 unspecified atom stereocenters. The van der Waals surface area contributed by atoms with Crippen molar-refractivity contribution in [1.29, 1.82) is 0 Å². The molecule has 0 fully saturated rings. The monoisotopic (exact) mass is 646 g/mol. The first-order valence-corrected chi connectivity index (χ1v) is 13.6. The molecule has 4 nitrogen and oxygen atoms in total. The van der Waals surface area contributed by atoms with E-state index in [9.17, 15) is 0 Å². The zero-order valence-electron chi connectivity index (χ0n) is 20.0. The lowest BCUT2D eigenvalue weighted by atomic mass is 9.80. The molecule has 38 heavy (non-hydrogen) atoms. The number of hydrogen-bond acceptors (Lipinski definition) is 4. The van der Waals surface area contributed by atoms with Gasteiger partial charge in [0.25, 0.3) is 0 Å². The highest BCUT2D eigenvalue weighted by molar-refractivity contribution is 9.11. The Morgan fingerprint density at radius 2 is 1.11 bits per heavy atom. The molecule has 0 saturated carbocycles. The fraction of sp³-hybridized carbons (Fsp3) is 0. The first-order valence-electron chi connectivity index (χ1n) is 11.6. The summed E-state index contributed by atoms with van der Waals surface area (Å²) in [5, 5.41) is 22.6. The Kier molecular flexibility index (Phi) is 10.0. The van der Waals surface area contributed by atoms with Crippen LogP contribution in [0.5, 0.6) is 0 Å². The number of fused-ring (bicyclic) bond motifs is 2. The van der Waals surface area contributed by atoms with Gasteiger partial charge in [-0.15, -0.1) is 0 Å². The number of halogens is 3. The quantitative estimate of drug-likeness (QED) is 0.149. The lowest BCUT2D eigenvalue weighted by Gasteiger charge is -2.07. The highest BCUT2D eigenvalue weighted by atomic mass is 79.9. The molecule has 2 N–H and O–H groups in total. The van der Waals surface area contributed by atoms with E-state index in [-0.39, 0.29) is 0 Å². The minimum Gasteiger partial charge on any atom is -0.423 e. The molecule has 0 saturated heterocycles. The van der Waals surface area contributed by atoms with Crippen LogP contribution in [0.3, 0.4) is 0 Å². The van der Waals surface area contributed by atoms with Crippen molar-refractivity contribution >= 4 is 77.6 Å². The van der Waals surface area contributed by atoms with Gasteiger partial charge in [-0.05, 0) is 40.5 Å². The lowest BCUT2D eigenvalue weighted by Crippen LogP contribution is -2.30. The van der Waals surface area contributed by atoms with Crippen molar-refractivity contribution < 1.29 is 10.0 Å². The molecule has 6 aromatic rings. The van der Waals surface area contributed by atoms with Crippen LogP contribution in [0.25, 0.3) is 32.8 Å². The molecule has 2 aromatic heterocycles. The van der Waals surface area contributed by atoms with Crippen molar-refractivity contribution in [2.24, 2.45) is 0 Å². The molecule has 0 bridgehead atoms. The molecule has 0 aliphatic rings. The van der Waals surface area contributed by atoms with Gasteiger partial charge in [-0.2, -0.15) is 0 Å². The Labute approximate surface area is 243 Å². The van der Waals surface area contributed by atoms with Gasteiger partial charge in [0.1, 0.15) is 5.15 Å². The van der Waals surface area contributed by atoms with Crippen LogP contribution in [0.15, 0.2) is 131 Å². The highest BCUT2D eigenvalue weighted by Crippen LogP contribution is 2.31. The molecule has 2 heterocycles. The fourth-order valence-electron chi connectivity index (χ4n) is 3.75. The minimum atomic E-state index is -1.39. The van der Waals surface area contributed by atoms with Gasteiger partial charge in [-0.3, -0.25) is 4.98 Å². The number of aromatic nitrogens is 2. The third-order valence-electron chi connectivity index (χ3n) is 5.61. The number of pyridine rings is 2.